The predicted molar refractivity (Wildman–Crippen MR) is 87.8 cm³/mol. The molecule has 1 amide bonds. The van der Waals surface area contributed by atoms with Gasteiger partial charge in [0.2, 0.25) is 0 Å². The van der Waals surface area contributed by atoms with Gasteiger partial charge in [-0.1, -0.05) is 18.2 Å². The van der Waals surface area contributed by atoms with Gasteiger partial charge in [-0.05, 0) is 24.8 Å². The molecule has 0 radical (unpaired) electrons. The summed E-state index contributed by atoms with van der Waals surface area (Å²) in [4.78, 5) is 25.4. The summed E-state index contributed by atoms with van der Waals surface area (Å²) in [5.74, 6) is -0.457. The first kappa shape index (κ1) is 16.5. The molecule has 1 saturated heterocycles. The highest BCUT2D eigenvalue weighted by Crippen LogP contribution is 2.29. The maximum Gasteiger partial charge on any atom is 0.303 e. The summed E-state index contributed by atoms with van der Waals surface area (Å²) in [6, 6.07) is 7.53. The minimum Gasteiger partial charge on any atom is -0.481 e. The topological polar surface area (TPSA) is 80.0 Å². The van der Waals surface area contributed by atoms with E-state index in [1.165, 1.54) is 0 Å². The van der Waals surface area contributed by atoms with Crippen LogP contribution in [0.4, 0.5) is 0 Å². The van der Waals surface area contributed by atoms with Crippen molar-refractivity contribution in [3.63, 3.8) is 0 Å². The van der Waals surface area contributed by atoms with Crippen LogP contribution in [0.5, 0.6) is 0 Å². The highest BCUT2D eigenvalue weighted by Gasteiger charge is 2.29. The number of hydrogen-bond acceptors (Lipinski definition) is 4. The third-order valence-electron chi connectivity index (χ3n) is 4.55. The number of aliphatic carboxylic acids is 1. The smallest absolute Gasteiger partial charge is 0.303 e. The SMILES string of the molecule is COCc1c(C(=O)N2CCC(CC(=O)O)CC2)oc2ccccc12. The molecule has 6 nitrogen and oxygen atoms in total. The Kier molecular flexibility index (Phi) is 4.85. The Morgan fingerprint density at radius 2 is 2.00 bits per heavy atom. The summed E-state index contributed by atoms with van der Waals surface area (Å²) in [7, 11) is 1.59. The summed E-state index contributed by atoms with van der Waals surface area (Å²) in [6.45, 7) is 1.42. The molecule has 2 aromatic rings. The van der Waals surface area contributed by atoms with Gasteiger partial charge in [0, 0.05) is 37.6 Å². The largest absolute Gasteiger partial charge is 0.481 e. The molecule has 1 aliphatic rings. The van der Waals surface area contributed by atoms with Crippen LogP contribution >= 0.6 is 0 Å². The molecule has 1 aromatic heterocycles. The van der Waals surface area contributed by atoms with Crippen LogP contribution in [0.2, 0.25) is 0 Å². The quantitative estimate of drug-likeness (QED) is 0.911. The molecule has 1 fully saturated rings. The van der Waals surface area contributed by atoms with E-state index in [1.807, 2.05) is 24.3 Å². The molecule has 0 unspecified atom stereocenters. The Morgan fingerprint density at radius 1 is 1.29 bits per heavy atom. The van der Waals surface area contributed by atoms with E-state index >= 15 is 0 Å². The molecule has 128 valence electrons. The van der Waals surface area contributed by atoms with Gasteiger partial charge in [0.25, 0.3) is 5.91 Å². The molecular weight excluding hydrogens is 310 g/mol. The van der Waals surface area contributed by atoms with Gasteiger partial charge in [-0.25, -0.2) is 0 Å². The van der Waals surface area contributed by atoms with Crippen molar-refractivity contribution in [2.24, 2.45) is 5.92 Å². The summed E-state index contributed by atoms with van der Waals surface area (Å²) >= 11 is 0. The minimum absolute atomic E-state index is 0.140. The normalized spacial score (nSPS) is 15.8. The molecule has 2 heterocycles. The number of nitrogens with zero attached hydrogens (tertiary/aromatic N) is 1. The number of amides is 1. The number of likely N-dealkylation sites (tertiary alicyclic amines) is 1. The molecule has 1 aromatic carbocycles. The van der Waals surface area contributed by atoms with Crippen LogP contribution in [-0.4, -0.2) is 42.1 Å². The predicted octanol–water partition coefficient (Wildman–Crippen LogP) is 2.91. The number of rotatable bonds is 5. The zero-order valence-electron chi connectivity index (χ0n) is 13.7. The van der Waals surface area contributed by atoms with Crippen LogP contribution in [0.25, 0.3) is 11.0 Å². The van der Waals surface area contributed by atoms with Gasteiger partial charge in [0.05, 0.1) is 6.61 Å². The van der Waals surface area contributed by atoms with Gasteiger partial charge in [-0.15, -0.1) is 0 Å². The number of piperidine rings is 1. The van der Waals surface area contributed by atoms with E-state index in [4.69, 9.17) is 14.3 Å². The van der Waals surface area contributed by atoms with Crippen molar-refractivity contribution in [3.05, 3.63) is 35.6 Å². The number of furan rings is 1. The standard InChI is InChI=1S/C18H21NO5/c1-23-11-14-13-4-2-3-5-15(13)24-17(14)18(22)19-8-6-12(7-9-19)10-16(20)21/h2-5,12H,6-11H2,1H3,(H,20,21). The number of para-hydroxylation sites is 1. The summed E-state index contributed by atoms with van der Waals surface area (Å²) in [5.41, 5.74) is 1.44. The molecule has 0 saturated carbocycles. The highest BCUT2D eigenvalue weighted by molar-refractivity contribution is 5.99. The number of methoxy groups -OCH3 is 1. The number of carboxylic acids is 1. The lowest BCUT2D eigenvalue weighted by Gasteiger charge is -2.31. The van der Waals surface area contributed by atoms with E-state index in [0.717, 1.165) is 10.9 Å². The Hall–Kier alpha value is -2.34. The number of benzene rings is 1. The first-order valence-corrected chi connectivity index (χ1v) is 8.10. The second-order valence-electron chi connectivity index (χ2n) is 6.17. The molecule has 1 aliphatic heterocycles. The molecule has 1 N–H and O–H groups in total. The second-order valence-corrected chi connectivity index (χ2v) is 6.17. The lowest BCUT2D eigenvalue weighted by atomic mass is 9.93. The number of carbonyl (C=O) groups excluding carboxylic acids is 1. The Labute approximate surface area is 140 Å². The van der Waals surface area contributed by atoms with Crippen LogP contribution in [-0.2, 0) is 16.1 Å². The minimum atomic E-state index is -0.778. The van der Waals surface area contributed by atoms with Crippen LogP contribution in [0.1, 0.15) is 35.4 Å². The highest BCUT2D eigenvalue weighted by atomic mass is 16.5. The van der Waals surface area contributed by atoms with Gasteiger partial charge >= 0.3 is 5.97 Å². The van der Waals surface area contributed by atoms with Crippen molar-refractivity contribution >= 4 is 22.8 Å². The Bertz CT molecular complexity index is 743. The Balaban J connectivity index is 1.79. The van der Waals surface area contributed by atoms with Gasteiger partial charge in [0.1, 0.15) is 5.58 Å². The van der Waals surface area contributed by atoms with Crippen molar-refractivity contribution in [1.29, 1.82) is 0 Å². The first-order valence-electron chi connectivity index (χ1n) is 8.10. The number of ether oxygens (including phenoxy) is 1. The van der Waals surface area contributed by atoms with Gasteiger partial charge in [0.15, 0.2) is 5.76 Å². The molecule has 6 heteroatoms. The van der Waals surface area contributed by atoms with E-state index in [9.17, 15) is 9.59 Å². The number of hydrogen-bond donors (Lipinski definition) is 1. The lowest BCUT2D eigenvalue weighted by molar-refractivity contribution is -0.138. The zero-order chi connectivity index (χ0) is 17.1. The average Bonchev–Trinajstić information content (AvgIpc) is 2.94. The fourth-order valence-electron chi connectivity index (χ4n) is 3.29. The van der Waals surface area contributed by atoms with Crippen LogP contribution < -0.4 is 0 Å². The average molecular weight is 331 g/mol. The lowest BCUT2D eigenvalue weighted by Crippen LogP contribution is -2.39. The second kappa shape index (κ2) is 7.05. The van der Waals surface area contributed by atoms with Crippen molar-refractivity contribution in [1.82, 2.24) is 4.90 Å². The molecule has 0 spiro atoms. The third-order valence-corrected chi connectivity index (χ3v) is 4.55. The van der Waals surface area contributed by atoms with Crippen molar-refractivity contribution in [3.8, 4) is 0 Å². The fourth-order valence-corrected chi connectivity index (χ4v) is 3.29. The van der Waals surface area contributed by atoms with Crippen molar-refractivity contribution in [2.45, 2.75) is 25.9 Å². The maximum atomic E-state index is 12.9. The maximum absolute atomic E-state index is 12.9. The fraction of sp³-hybridized carbons (Fsp3) is 0.444. The van der Waals surface area contributed by atoms with Crippen molar-refractivity contribution < 1.29 is 23.8 Å². The molecule has 3 rings (SSSR count). The Morgan fingerprint density at radius 3 is 2.67 bits per heavy atom. The number of carbonyl (C=O) groups is 2. The van der Waals surface area contributed by atoms with Gasteiger partial charge in [-0.3, -0.25) is 9.59 Å². The van der Waals surface area contributed by atoms with E-state index in [1.54, 1.807) is 12.0 Å². The number of carboxylic acid groups (broad SMARTS) is 1. The molecular formula is C18H21NO5. The molecule has 0 bridgehead atoms. The molecule has 0 atom stereocenters. The summed E-state index contributed by atoms with van der Waals surface area (Å²) in [5, 5.41) is 9.78. The zero-order valence-corrected chi connectivity index (χ0v) is 13.7. The molecule has 0 aliphatic carbocycles. The third kappa shape index (κ3) is 3.28. The summed E-state index contributed by atoms with van der Waals surface area (Å²) in [6.07, 6.45) is 1.58. The van der Waals surface area contributed by atoms with Crippen LogP contribution in [0.3, 0.4) is 0 Å². The van der Waals surface area contributed by atoms with Gasteiger partial charge in [-0.2, -0.15) is 0 Å². The van der Waals surface area contributed by atoms with Crippen molar-refractivity contribution in [2.75, 3.05) is 20.2 Å². The van der Waals surface area contributed by atoms with E-state index < -0.39 is 5.97 Å². The van der Waals surface area contributed by atoms with Crippen LogP contribution in [0.15, 0.2) is 28.7 Å². The van der Waals surface area contributed by atoms with E-state index in [2.05, 4.69) is 0 Å². The summed E-state index contributed by atoms with van der Waals surface area (Å²) < 4.78 is 11.0. The van der Waals surface area contributed by atoms with E-state index in [0.29, 0.717) is 43.9 Å². The first-order chi connectivity index (χ1) is 11.6. The van der Waals surface area contributed by atoms with E-state index in [-0.39, 0.29) is 18.2 Å². The number of fused-ring (bicyclic) bond motifs is 1. The monoisotopic (exact) mass is 331 g/mol. The molecule has 24 heavy (non-hydrogen) atoms. The van der Waals surface area contributed by atoms with Crippen LogP contribution in [0, 0.1) is 5.92 Å². The van der Waals surface area contributed by atoms with Gasteiger partial charge < -0.3 is 19.2 Å².